The summed E-state index contributed by atoms with van der Waals surface area (Å²) in [5.74, 6) is -0.860. The zero-order valence-electron chi connectivity index (χ0n) is 25.6. The van der Waals surface area contributed by atoms with E-state index in [1.165, 1.54) is 25.7 Å². The summed E-state index contributed by atoms with van der Waals surface area (Å²) in [4.78, 5) is 23.1. The maximum Gasteiger partial charge on any atom is 0.306 e. The Labute approximate surface area is 246 Å². The van der Waals surface area contributed by atoms with Gasteiger partial charge in [-0.3, -0.25) is 9.59 Å². The van der Waals surface area contributed by atoms with Crippen molar-refractivity contribution in [3.8, 4) is 0 Å². The highest BCUT2D eigenvalue weighted by atomic mass is 16.5. The lowest BCUT2D eigenvalue weighted by atomic mass is 10.1. The second-order valence-electron chi connectivity index (χ2n) is 10.3. The highest BCUT2D eigenvalue weighted by Crippen LogP contribution is 2.14. The summed E-state index contributed by atoms with van der Waals surface area (Å²) in [6, 6.07) is 0. The van der Waals surface area contributed by atoms with E-state index in [4.69, 9.17) is 9.84 Å². The Morgan fingerprint density at radius 2 is 1.15 bits per heavy atom. The highest BCUT2D eigenvalue weighted by Gasteiger charge is 2.11. The third kappa shape index (κ3) is 29.9. The van der Waals surface area contributed by atoms with Gasteiger partial charge in [-0.25, -0.2) is 0 Å². The number of allylic oxidation sites excluding steroid dienone is 11. The second kappa shape index (κ2) is 30.9. The summed E-state index contributed by atoms with van der Waals surface area (Å²) >= 11 is 0. The normalized spacial score (nSPS) is 13.2. The average Bonchev–Trinajstić information content (AvgIpc) is 2.93. The molecule has 0 radical (unpaired) electrons. The number of ether oxygens (including phenoxy) is 1. The molecule has 226 valence electrons. The quantitative estimate of drug-likeness (QED) is 0.0623. The molecule has 1 N–H and O–H groups in total. The summed E-state index contributed by atoms with van der Waals surface area (Å²) in [7, 11) is 0. The smallest absolute Gasteiger partial charge is 0.306 e. The molecule has 0 saturated carbocycles. The van der Waals surface area contributed by atoms with Crippen molar-refractivity contribution in [1.29, 1.82) is 0 Å². The van der Waals surface area contributed by atoms with Crippen molar-refractivity contribution in [3.63, 3.8) is 0 Å². The fourth-order valence-electron chi connectivity index (χ4n) is 4.07. The maximum absolute atomic E-state index is 12.4. The predicted octanol–water partition coefficient (Wildman–Crippen LogP) is 10.8. The van der Waals surface area contributed by atoms with Crippen molar-refractivity contribution in [1.82, 2.24) is 0 Å². The van der Waals surface area contributed by atoms with Crippen LogP contribution in [-0.2, 0) is 14.3 Å². The molecule has 0 spiro atoms. The Hall–Kier alpha value is -2.62. The monoisotopic (exact) mass is 554 g/mol. The van der Waals surface area contributed by atoms with Crippen LogP contribution in [-0.4, -0.2) is 23.1 Å². The minimum absolute atomic E-state index is 0.126. The standard InChI is InChI=1S/C36H58O4/c1-3-5-7-9-11-12-13-14-15-16-17-18-19-20-21-23-29-33-36(39)40-34(30-26-22-10-8-6-4-2)31-27-24-25-28-32-35(37)38/h5,7,11-12,14-15,17-18,20-21,26,30,34H,3-4,6,8-10,13,16,19,22-25,27-29,31-33H2,1-2H3,(H,37,38)/b7-5-,12-11-,15-14-,18-17-,21-20-,30-26-. The molecule has 0 aliphatic rings. The first-order valence-electron chi connectivity index (χ1n) is 15.9. The number of esters is 1. The maximum atomic E-state index is 12.4. The molecule has 40 heavy (non-hydrogen) atoms. The number of carboxylic acids is 1. The third-order valence-corrected chi connectivity index (χ3v) is 6.40. The zero-order chi connectivity index (χ0) is 29.4. The van der Waals surface area contributed by atoms with Gasteiger partial charge in [0.25, 0.3) is 0 Å². The number of hydrogen-bond donors (Lipinski definition) is 1. The van der Waals surface area contributed by atoms with Crippen LogP contribution in [0.5, 0.6) is 0 Å². The van der Waals surface area contributed by atoms with Crippen LogP contribution in [0.1, 0.15) is 136 Å². The zero-order valence-corrected chi connectivity index (χ0v) is 25.6. The van der Waals surface area contributed by atoms with E-state index >= 15 is 0 Å². The lowest BCUT2D eigenvalue weighted by Crippen LogP contribution is -2.16. The summed E-state index contributed by atoms with van der Waals surface area (Å²) in [5.41, 5.74) is 0. The first kappa shape index (κ1) is 37.4. The third-order valence-electron chi connectivity index (χ3n) is 6.40. The minimum atomic E-state index is -0.734. The van der Waals surface area contributed by atoms with E-state index in [-0.39, 0.29) is 18.5 Å². The summed E-state index contributed by atoms with van der Waals surface area (Å²) in [5, 5.41) is 8.77. The van der Waals surface area contributed by atoms with Crippen LogP contribution in [0.4, 0.5) is 0 Å². The van der Waals surface area contributed by atoms with Gasteiger partial charge in [0, 0.05) is 12.8 Å². The van der Waals surface area contributed by atoms with Crippen molar-refractivity contribution in [2.45, 2.75) is 142 Å². The van der Waals surface area contributed by atoms with Crippen molar-refractivity contribution >= 4 is 11.9 Å². The van der Waals surface area contributed by atoms with E-state index in [9.17, 15) is 9.59 Å². The van der Waals surface area contributed by atoms with Crippen molar-refractivity contribution < 1.29 is 19.4 Å². The first-order chi connectivity index (χ1) is 19.6. The molecule has 0 amide bonds. The Morgan fingerprint density at radius 1 is 0.600 bits per heavy atom. The van der Waals surface area contributed by atoms with Gasteiger partial charge < -0.3 is 9.84 Å². The first-order valence-corrected chi connectivity index (χ1v) is 15.9. The topological polar surface area (TPSA) is 63.6 Å². The molecule has 4 nitrogen and oxygen atoms in total. The van der Waals surface area contributed by atoms with Crippen LogP contribution in [0.2, 0.25) is 0 Å². The summed E-state index contributed by atoms with van der Waals surface area (Å²) in [6.07, 6.45) is 43.5. The van der Waals surface area contributed by atoms with Crippen LogP contribution in [0.3, 0.4) is 0 Å². The minimum Gasteiger partial charge on any atom is -0.481 e. The number of carbonyl (C=O) groups excluding carboxylic acids is 1. The largest absolute Gasteiger partial charge is 0.481 e. The number of carboxylic acid groups (broad SMARTS) is 1. The Kier molecular flexibility index (Phi) is 28.9. The highest BCUT2D eigenvalue weighted by molar-refractivity contribution is 5.69. The number of rotatable bonds is 27. The molecule has 1 atom stereocenters. The molecule has 0 aliphatic heterocycles. The van der Waals surface area contributed by atoms with Crippen molar-refractivity contribution in [2.75, 3.05) is 0 Å². The molecule has 0 bridgehead atoms. The SMILES string of the molecule is CC/C=C\C/C=C\C/C=C\C/C=C\C/C=C\CCCC(=O)OC(/C=C\CCCCCC)CCCCCCC(=O)O. The molecule has 0 aromatic heterocycles. The number of carbonyl (C=O) groups is 2. The molecule has 0 aromatic rings. The summed E-state index contributed by atoms with van der Waals surface area (Å²) < 4.78 is 5.78. The Balaban J connectivity index is 4.13. The van der Waals surface area contributed by atoms with Gasteiger partial charge in [-0.05, 0) is 83.1 Å². The number of unbranched alkanes of at least 4 members (excludes halogenated alkanes) is 8. The fraction of sp³-hybridized carbons (Fsp3) is 0.611. The van der Waals surface area contributed by atoms with Gasteiger partial charge in [-0.15, -0.1) is 0 Å². The molecule has 0 fully saturated rings. The average molecular weight is 555 g/mol. The molecule has 0 saturated heterocycles. The van der Waals surface area contributed by atoms with Gasteiger partial charge in [0.05, 0.1) is 0 Å². The number of aliphatic carboxylic acids is 1. The van der Waals surface area contributed by atoms with Crippen LogP contribution < -0.4 is 0 Å². The molecular weight excluding hydrogens is 496 g/mol. The van der Waals surface area contributed by atoms with E-state index in [1.54, 1.807) is 0 Å². The van der Waals surface area contributed by atoms with Crippen molar-refractivity contribution in [3.05, 3.63) is 72.9 Å². The van der Waals surface area contributed by atoms with Gasteiger partial charge in [0.1, 0.15) is 6.10 Å². The molecule has 1 unspecified atom stereocenters. The van der Waals surface area contributed by atoms with Crippen LogP contribution in [0, 0.1) is 0 Å². The van der Waals surface area contributed by atoms with Gasteiger partial charge in [-0.2, -0.15) is 0 Å². The predicted molar refractivity (Wildman–Crippen MR) is 171 cm³/mol. The van der Waals surface area contributed by atoms with Gasteiger partial charge in [0.2, 0.25) is 0 Å². The molecule has 0 aromatic carbocycles. The van der Waals surface area contributed by atoms with Crippen LogP contribution in [0.15, 0.2) is 72.9 Å². The van der Waals surface area contributed by atoms with E-state index in [1.807, 2.05) is 0 Å². The van der Waals surface area contributed by atoms with E-state index < -0.39 is 5.97 Å². The lowest BCUT2D eigenvalue weighted by molar-refractivity contribution is -0.147. The molecular formula is C36H58O4. The van der Waals surface area contributed by atoms with Crippen LogP contribution in [0.25, 0.3) is 0 Å². The molecule has 0 aliphatic carbocycles. The van der Waals surface area contributed by atoms with E-state index in [2.05, 4.69) is 86.8 Å². The summed E-state index contributed by atoms with van der Waals surface area (Å²) in [6.45, 7) is 4.36. The van der Waals surface area contributed by atoms with Crippen LogP contribution >= 0.6 is 0 Å². The Morgan fingerprint density at radius 3 is 1.75 bits per heavy atom. The second-order valence-corrected chi connectivity index (χ2v) is 10.3. The van der Waals surface area contributed by atoms with Gasteiger partial charge in [0.15, 0.2) is 0 Å². The molecule has 4 heteroatoms. The van der Waals surface area contributed by atoms with Crippen molar-refractivity contribution in [2.24, 2.45) is 0 Å². The number of hydrogen-bond acceptors (Lipinski definition) is 3. The molecule has 0 rings (SSSR count). The fourth-order valence-corrected chi connectivity index (χ4v) is 4.07. The van der Waals surface area contributed by atoms with Gasteiger partial charge in [-0.1, -0.05) is 113 Å². The van der Waals surface area contributed by atoms with E-state index in [0.717, 1.165) is 77.0 Å². The van der Waals surface area contributed by atoms with E-state index in [0.29, 0.717) is 12.8 Å². The lowest BCUT2D eigenvalue weighted by Gasteiger charge is -2.14. The Bertz CT molecular complexity index is 770. The van der Waals surface area contributed by atoms with Gasteiger partial charge >= 0.3 is 11.9 Å². The molecule has 0 heterocycles.